The van der Waals surface area contributed by atoms with Gasteiger partial charge in [0.15, 0.2) is 4.34 Å². The average Bonchev–Trinajstić information content (AvgIpc) is 2.58. The van der Waals surface area contributed by atoms with E-state index in [1.54, 1.807) is 11.8 Å². The molecule has 0 unspecified atom stereocenters. The lowest BCUT2D eigenvalue weighted by Crippen LogP contribution is -2.11. The second-order valence-electron chi connectivity index (χ2n) is 2.65. The van der Waals surface area contributed by atoms with Crippen molar-refractivity contribution in [3.63, 3.8) is 0 Å². The first-order valence-corrected chi connectivity index (χ1v) is 5.88. The molecule has 1 heterocycles. The van der Waals surface area contributed by atoms with Crippen LogP contribution in [0.2, 0.25) is 0 Å². The van der Waals surface area contributed by atoms with Gasteiger partial charge in [0, 0.05) is 12.2 Å². The highest BCUT2D eigenvalue weighted by Gasteiger charge is 2.00. The SMILES string of the molecule is Cc1nsc(SCCCC(N)=NO)n1. The first-order valence-electron chi connectivity index (χ1n) is 4.12. The van der Waals surface area contributed by atoms with Crippen LogP contribution in [-0.4, -0.2) is 26.2 Å². The molecule has 3 N–H and O–H groups in total. The van der Waals surface area contributed by atoms with Crippen LogP contribution in [0.1, 0.15) is 18.7 Å². The molecule has 78 valence electrons. The second kappa shape index (κ2) is 5.82. The molecular formula is C7H12N4OS2. The van der Waals surface area contributed by atoms with E-state index in [2.05, 4.69) is 14.5 Å². The van der Waals surface area contributed by atoms with Crippen molar-refractivity contribution in [1.82, 2.24) is 9.36 Å². The van der Waals surface area contributed by atoms with E-state index < -0.39 is 0 Å². The molecule has 1 aromatic heterocycles. The molecule has 7 heteroatoms. The summed E-state index contributed by atoms with van der Waals surface area (Å²) < 4.78 is 5.04. The van der Waals surface area contributed by atoms with E-state index in [9.17, 15) is 0 Å². The molecule has 1 aromatic rings. The molecule has 0 aliphatic rings. The van der Waals surface area contributed by atoms with Gasteiger partial charge in [-0.2, -0.15) is 4.37 Å². The molecule has 0 bridgehead atoms. The van der Waals surface area contributed by atoms with Crippen LogP contribution in [0.4, 0.5) is 0 Å². The lowest BCUT2D eigenvalue weighted by atomic mass is 10.3. The number of rotatable bonds is 5. The van der Waals surface area contributed by atoms with Gasteiger partial charge < -0.3 is 10.9 Å². The van der Waals surface area contributed by atoms with Crippen molar-refractivity contribution in [2.24, 2.45) is 10.9 Å². The van der Waals surface area contributed by atoms with Gasteiger partial charge in [-0.25, -0.2) is 4.98 Å². The maximum atomic E-state index is 8.29. The highest BCUT2D eigenvalue weighted by molar-refractivity contribution is 8.00. The predicted octanol–water partition coefficient (Wildman–Crippen LogP) is 1.47. The molecule has 0 atom stereocenters. The Bertz CT molecular complexity index is 312. The fourth-order valence-electron chi connectivity index (χ4n) is 0.799. The first kappa shape index (κ1) is 11.3. The molecule has 0 saturated heterocycles. The maximum Gasteiger partial charge on any atom is 0.170 e. The molecule has 0 amide bonds. The molecule has 0 radical (unpaired) electrons. The van der Waals surface area contributed by atoms with Crippen LogP contribution in [0.5, 0.6) is 0 Å². The largest absolute Gasteiger partial charge is 0.409 e. The highest BCUT2D eigenvalue weighted by atomic mass is 32.2. The standard InChI is InChI=1S/C7H12N4OS2/c1-5-9-7(14-11-5)13-4-2-3-6(8)10-12/h12H,2-4H2,1H3,(H2,8,10). The fraction of sp³-hybridized carbons (Fsp3) is 0.571. The van der Waals surface area contributed by atoms with Crippen molar-refractivity contribution in [2.45, 2.75) is 24.1 Å². The number of aromatic nitrogens is 2. The minimum absolute atomic E-state index is 0.277. The van der Waals surface area contributed by atoms with Crippen molar-refractivity contribution < 1.29 is 5.21 Å². The van der Waals surface area contributed by atoms with Crippen LogP contribution < -0.4 is 5.73 Å². The molecular weight excluding hydrogens is 220 g/mol. The molecule has 0 aliphatic heterocycles. The van der Waals surface area contributed by atoms with Gasteiger partial charge in [-0.3, -0.25) is 0 Å². The van der Waals surface area contributed by atoms with Crippen LogP contribution in [0.15, 0.2) is 9.50 Å². The van der Waals surface area contributed by atoms with E-state index >= 15 is 0 Å². The number of aryl methyl sites for hydroxylation is 1. The summed E-state index contributed by atoms with van der Waals surface area (Å²) in [5.74, 6) is 2.00. The molecule has 0 spiro atoms. The lowest BCUT2D eigenvalue weighted by Gasteiger charge is -1.96. The van der Waals surface area contributed by atoms with Crippen LogP contribution in [0, 0.1) is 6.92 Å². The van der Waals surface area contributed by atoms with Crippen LogP contribution in [-0.2, 0) is 0 Å². The van der Waals surface area contributed by atoms with Crippen molar-refractivity contribution in [1.29, 1.82) is 0 Å². The Kier molecular flexibility index (Phi) is 4.68. The first-order chi connectivity index (χ1) is 6.72. The third-order valence-electron chi connectivity index (χ3n) is 1.44. The predicted molar refractivity (Wildman–Crippen MR) is 58.0 cm³/mol. The average molecular weight is 232 g/mol. The lowest BCUT2D eigenvalue weighted by molar-refractivity contribution is 0.317. The monoisotopic (exact) mass is 232 g/mol. The summed E-state index contributed by atoms with van der Waals surface area (Å²) >= 11 is 3.05. The topological polar surface area (TPSA) is 84.4 Å². The van der Waals surface area contributed by atoms with Gasteiger partial charge in [0.25, 0.3) is 0 Å². The Morgan fingerprint density at radius 1 is 1.71 bits per heavy atom. The Labute approximate surface area is 90.6 Å². The Morgan fingerprint density at radius 3 is 3.07 bits per heavy atom. The third kappa shape index (κ3) is 3.93. The van der Waals surface area contributed by atoms with Gasteiger partial charge in [0.2, 0.25) is 0 Å². The number of nitrogens with zero attached hydrogens (tertiary/aromatic N) is 3. The van der Waals surface area contributed by atoms with E-state index in [0.29, 0.717) is 6.42 Å². The summed E-state index contributed by atoms with van der Waals surface area (Å²) in [6.07, 6.45) is 1.49. The van der Waals surface area contributed by atoms with E-state index in [-0.39, 0.29) is 5.84 Å². The zero-order valence-corrected chi connectivity index (χ0v) is 9.44. The number of amidine groups is 1. The maximum absolute atomic E-state index is 8.29. The summed E-state index contributed by atoms with van der Waals surface area (Å²) in [6.45, 7) is 1.87. The minimum Gasteiger partial charge on any atom is -0.409 e. The summed E-state index contributed by atoms with van der Waals surface area (Å²) in [5.41, 5.74) is 5.32. The fourth-order valence-corrected chi connectivity index (χ4v) is 2.46. The van der Waals surface area contributed by atoms with Gasteiger partial charge in [-0.05, 0) is 24.9 Å². The van der Waals surface area contributed by atoms with Gasteiger partial charge >= 0.3 is 0 Å². The summed E-state index contributed by atoms with van der Waals surface area (Å²) in [5, 5.41) is 11.2. The molecule has 5 nitrogen and oxygen atoms in total. The van der Waals surface area contributed by atoms with Gasteiger partial charge in [0.1, 0.15) is 11.7 Å². The Hall–Kier alpha value is -0.820. The van der Waals surface area contributed by atoms with E-state index in [1.165, 1.54) is 11.5 Å². The highest BCUT2D eigenvalue weighted by Crippen LogP contribution is 2.20. The van der Waals surface area contributed by atoms with Crippen molar-refractivity contribution in [2.75, 3.05) is 5.75 Å². The summed E-state index contributed by atoms with van der Waals surface area (Å²) in [7, 11) is 0. The quantitative estimate of drug-likeness (QED) is 0.200. The third-order valence-corrected chi connectivity index (χ3v) is 3.45. The molecule has 0 saturated carbocycles. The number of hydrogen-bond donors (Lipinski definition) is 2. The number of oxime groups is 1. The van der Waals surface area contributed by atoms with Crippen molar-refractivity contribution in [3.8, 4) is 0 Å². The van der Waals surface area contributed by atoms with Crippen LogP contribution >= 0.6 is 23.3 Å². The molecule has 0 aliphatic carbocycles. The molecule has 14 heavy (non-hydrogen) atoms. The number of nitrogens with two attached hydrogens (primary N) is 1. The van der Waals surface area contributed by atoms with Gasteiger partial charge in [0.05, 0.1) is 0 Å². The summed E-state index contributed by atoms with van der Waals surface area (Å²) in [6, 6.07) is 0. The van der Waals surface area contributed by atoms with Crippen molar-refractivity contribution in [3.05, 3.63) is 5.82 Å². The number of thioether (sulfide) groups is 1. The van der Waals surface area contributed by atoms with E-state index in [4.69, 9.17) is 10.9 Å². The minimum atomic E-state index is 0.277. The normalized spacial score (nSPS) is 11.9. The Balaban J connectivity index is 2.16. The van der Waals surface area contributed by atoms with Gasteiger partial charge in [-0.1, -0.05) is 16.9 Å². The van der Waals surface area contributed by atoms with E-state index in [0.717, 1.165) is 22.3 Å². The zero-order valence-electron chi connectivity index (χ0n) is 7.80. The van der Waals surface area contributed by atoms with E-state index in [1.807, 2.05) is 6.92 Å². The van der Waals surface area contributed by atoms with Gasteiger partial charge in [-0.15, -0.1) is 0 Å². The Morgan fingerprint density at radius 2 is 2.50 bits per heavy atom. The smallest absolute Gasteiger partial charge is 0.170 e. The van der Waals surface area contributed by atoms with Crippen LogP contribution in [0.3, 0.4) is 0 Å². The van der Waals surface area contributed by atoms with Crippen molar-refractivity contribution >= 4 is 29.1 Å². The molecule has 0 fully saturated rings. The molecule has 1 rings (SSSR count). The molecule has 0 aromatic carbocycles. The zero-order chi connectivity index (χ0) is 10.4. The second-order valence-corrected chi connectivity index (χ2v) is 4.74. The number of hydrogen-bond acceptors (Lipinski definition) is 6. The van der Waals surface area contributed by atoms with Crippen LogP contribution in [0.25, 0.3) is 0 Å². The summed E-state index contributed by atoms with van der Waals surface area (Å²) in [4.78, 5) is 4.21.